The number of rotatable bonds is 6. The van der Waals surface area contributed by atoms with Gasteiger partial charge in [-0.2, -0.15) is 5.10 Å². The highest BCUT2D eigenvalue weighted by molar-refractivity contribution is 7.98. The highest BCUT2D eigenvalue weighted by Crippen LogP contribution is 2.30. The Bertz CT molecular complexity index is 916. The van der Waals surface area contributed by atoms with Crippen LogP contribution in [0.1, 0.15) is 34.5 Å². The zero-order chi connectivity index (χ0) is 19.4. The van der Waals surface area contributed by atoms with Crippen LogP contribution in [0.25, 0.3) is 0 Å². The molecule has 1 aromatic heterocycles. The summed E-state index contributed by atoms with van der Waals surface area (Å²) in [4.78, 5) is 18.6. The van der Waals surface area contributed by atoms with Gasteiger partial charge in [0.1, 0.15) is 6.33 Å². The smallest absolute Gasteiger partial charge is 0.254 e. The normalized spacial score (nSPS) is 12.0. The average Bonchev–Trinajstić information content (AvgIpc) is 3.19. The first-order valence-electron chi connectivity index (χ1n) is 8.25. The van der Waals surface area contributed by atoms with E-state index in [1.54, 1.807) is 35.8 Å². The fourth-order valence-corrected chi connectivity index (χ4v) is 3.89. The summed E-state index contributed by atoms with van der Waals surface area (Å²) in [6, 6.07) is 12.7. The number of hydrogen-bond donors (Lipinski definition) is 1. The van der Waals surface area contributed by atoms with Crippen molar-refractivity contribution in [3.05, 3.63) is 75.5 Å². The van der Waals surface area contributed by atoms with Crippen LogP contribution in [-0.2, 0) is 5.75 Å². The minimum absolute atomic E-state index is 0.0667. The number of hydrogen-bond acceptors (Lipinski definition) is 4. The van der Waals surface area contributed by atoms with Crippen LogP contribution in [0.4, 0.5) is 0 Å². The van der Waals surface area contributed by atoms with Crippen molar-refractivity contribution in [2.24, 2.45) is 0 Å². The lowest BCUT2D eigenvalue weighted by atomic mass is 10.1. The van der Waals surface area contributed by atoms with Gasteiger partial charge < -0.3 is 4.90 Å². The quantitative estimate of drug-likeness (QED) is 0.553. The number of halogens is 2. The standard InChI is InChI=1S/C19H18Cl2N4OS/c1-12(16-8-7-15(20)9-17(16)21)25(2)18(26)14-5-3-13(4-6-14)10-27-19-22-11-23-24-19/h3-9,11-12H,10H2,1-2H3,(H,22,23,24). The van der Waals surface area contributed by atoms with Gasteiger partial charge in [-0.05, 0) is 42.3 Å². The molecule has 3 rings (SSSR count). The molecule has 0 saturated carbocycles. The van der Waals surface area contributed by atoms with E-state index in [1.165, 1.54) is 6.33 Å². The molecule has 1 heterocycles. The summed E-state index contributed by atoms with van der Waals surface area (Å²) >= 11 is 13.8. The topological polar surface area (TPSA) is 61.9 Å². The van der Waals surface area contributed by atoms with E-state index in [1.807, 2.05) is 37.3 Å². The number of aromatic nitrogens is 3. The predicted octanol–water partition coefficient (Wildman–Crippen LogP) is 5.24. The number of aromatic amines is 1. The average molecular weight is 421 g/mol. The molecule has 1 N–H and O–H groups in total. The highest BCUT2D eigenvalue weighted by atomic mass is 35.5. The second-order valence-corrected chi connectivity index (χ2v) is 7.84. The molecule has 0 bridgehead atoms. The Morgan fingerprint density at radius 2 is 1.96 bits per heavy atom. The zero-order valence-corrected chi connectivity index (χ0v) is 17.1. The maximum atomic E-state index is 12.8. The zero-order valence-electron chi connectivity index (χ0n) is 14.8. The molecular formula is C19H18Cl2N4OS. The summed E-state index contributed by atoms with van der Waals surface area (Å²) < 4.78 is 0. The van der Waals surface area contributed by atoms with Crippen LogP contribution in [0.2, 0.25) is 10.0 Å². The molecule has 1 amide bonds. The van der Waals surface area contributed by atoms with E-state index in [-0.39, 0.29) is 11.9 Å². The van der Waals surface area contributed by atoms with Crippen molar-refractivity contribution in [2.45, 2.75) is 23.9 Å². The number of H-pyrrole nitrogens is 1. The van der Waals surface area contributed by atoms with Crippen LogP contribution in [-0.4, -0.2) is 33.0 Å². The fourth-order valence-electron chi connectivity index (χ4n) is 2.59. The lowest BCUT2D eigenvalue weighted by Crippen LogP contribution is -2.29. The molecule has 0 aliphatic rings. The van der Waals surface area contributed by atoms with Crippen LogP contribution in [0.5, 0.6) is 0 Å². The first-order chi connectivity index (χ1) is 13.0. The summed E-state index contributed by atoms with van der Waals surface area (Å²) in [7, 11) is 1.77. The van der Waals surface area contributed by atoms with E-state index in [0.717, 1.165) is 22.0 Å². The van der Waals surface area contributed by atoms with Crippen LogP contribution in [0, 0.1) is 0 Å². The van der Waals surface area contributed by atoms with Gasteiger partial charge in [0.2, 0.25) is 0 Å². The van der Waals surface area contributed by atoms with Crippen molar-refractivity contribution in [3.63, 3.8) is 0 Å². The minimum atomic E-state index is -0.177. The molecule has 1 atom stereocenters. The van der Waals surface area contributed by atoms with Gasteiger partial charge in [-0.15, -0.1) is 0 Å². The molecule has 0 radical (unpaired) electrons. The Balaban J connectivity index is 1.67. The lowest BCUT2D eigenvalue weighted by Gasteiger charge is -2.26. The second kappa shape index (κ2) is 8.78. The number of carbonyl (C=O) groups excluding carboxylic acids is 1. The van der Waals surface area contributed by atoms with Gasteiger partial charge in [-0.25, -0.2) is 4.98 Å². The van der Waals surface area contributed by atoms with Crippen molar-refractivity contribution in [3.8, 4) is 0 Å². The van der Waals surface area contributed by atoms with E-state index in [9.17, 15) is 4.79 Å². The molecule has 0 fully saturated rings. The van der Waals surface area contributed by atoms with Gasteiger partial charge >= 0.3 is 0 Å². The van der Waals surface area contributed by atoms with Crippen molar-refractivity contribution in [2.75, 3.05) is 7.05 Å². The summed E-state index contributed by atoms with van der Waals surface area (Å²) in [6.07, 6.45) is 1.48. The summed E-state index contributed by atoms with van der Waals surface area (Å²) in [5, 5.41) is 8.52. The number of benzene rings is 2. The van der Waals surface area contributed by atoms with Gasteiger partial charge in [0.15, 0.2) is 5.16 Å². The molecule has 1 unspecified atom stereocenters. The Morgan fingerprint density at radius 1 is 1.22 bits per heavy atom. The van der Waals surface area contributed by atoms with Crippen LogP contribution in [0.15, 0.2) is 53.9 Å². The molecule has 27 heavy (non-hydrogen) atoms. The minimum Gasteiger partial charge on any atom is -0.335 e. The van der Waals surface area contributed by atoms with Gasteiger partial charge in [-0.1, -0.05) is 53.2 Å². The lowest BCUT2D eigenvalue weighted by molar-refractivity contribution is 0.0742. The molecule has 0 aliphatic heterocycles. The monoisotopic (exact) mass is 420 g/mol. The number of thioether (sulfide) groups is 1. The Hall–Kier alpha value is -2.02. The van der Waals surface area contributed by atoms with Gasteiger partial charge in [0.05, 0.1) is 6.04 Å². The molecule has 3 aromatic rings. The molecule has 0 aliphatic carbocycles. The number of nitrogens with one attached hydrogen (secondary N) is 1. The van der Waals surface area contributed by atoms with E-state index in [2.05, 4.69) is 15.2 Å². The molecule has 5 nitrogen and oxygen atoms in total. The fraction of sp³-hybridized carbons (Fsp3) is 0.211. The number of nitrogens with zero attached hydrogens (tertiary/aromatic N) is 3. The van der Waals surface area contributed by atoms with Crippen LogP contribution >= 0.6 is 35.0 Å². The summed E-state index contributed by atoms with van der Waals surface area (Å²) in [5.74, 6) is 0.680. The first kappa shape index (κ1) is 19.7. The third-order valence-corrected chi connectivity index (χ3v) is 5.79. The third-order valence-electron chi connectivity index (χ3n) is 4.28. The molecule has 0 saturated heterocycles. The molecule has 2 aromatic carbocycles. The molecule has 140 valence electrons. The Labute approximate surface area is 172 Å². The predicted molar refractivity (Wildman–Crippen MR) is 109 cm³/mol. The van der Waals surface area contributed by atoms with Gasteiger partial charge in [0, 0.05) is 28.4 Å². The maximum Gasteiger partial charge on any atom is 0.254 e. The first-order valence-corrected chi connectivity index (χ1v) is 9.99. The van der Waals surface area contributed by atoms with Crippen molar-refractivity contribution in [1.82, 2.24) is 20.1 Å². The van der Waals surface area contributed by atoms with E-state index < -0.39 is 0 Å². The second-order valence-electron chi connectivity index (χ2n) is 6.03. The largest absolute Gasteiger partial charge is 0.335 e. The maximum absolute atomic E-state index is 12.8. The summed E-state index contributed by atoms with van der Waals surface area (Å²) in [5.41, 5.74) is 2.59. The highest BCUT2D eigenvalue weighted by Gasteiger charge is 2.21. The molecule has 8 heteroatoms. The molecular weight excluding hydrogens is 403 g/mol. The van der Waals surface area contributed by atoms with E-state index >= 15 is 0 Å². The number of carbonyl (C=O) groups is 1. The van der Waals surface area contributed by atoms with Crippen molar-refractivity contribution >= 4 is 40.9 Å². The Kier molecular flexibility index (Phi) is 6.42. The third kappa shape index (κ3) is 4.83. The van der Waals surface area contributed by atoms with Gasteiger partial charge in [0.25, 0.3) is 5.91 Å². The molecule has 0 spiro atoms. The Morgan fingerprint density at radius 3 is 2.59 bits per heavy atom. The van der Waals surface area contributed by atoms with Crippen LogP contribution < -0.4 is 0 Å². The van der Waals surface area contributed by atoms with Crippen molar-refractivity contribution in [1.29, 1.82) is 0 Å². The van der Waals surface area contributed by atoms with Crippen molar-refractivity contribution < 1.29 is 4.79 Å². The van der Waals surface area contributed by atoms with E-state index in [4.69, 9.17) is 23.2 Å². The van der Waals surface area contributed by atoms with E-state index in [0.29, 0.717) is 15.6 Å². The van der Waals surface area contributed by atoms with Gasteiger partial charge in [-0.3, -0.25) is 9.89 Å². The summed E-state index contributed by atoms with van der Waals surface area (Å²) in [6.45, 7) is 1.94. The van der Waals surface area contributed by atoms with Crippen LogP contribution in [0.3, 0.4) is 0 Å². The number of amides is 1. The SMILES string of the molecule is CC(c1ccc(Cl)cc1Cl)N(C)C(=O)c1ccc(CSc2ncn[nH]2)cc1.